The first-order chi connectivity index (χ1) is 24.2. The maximum atomic E-state index is 6.90. The maximum absolute atomic E-state index is 6.90. The molecule has 4 heterocycles. The Balaban J connectivity index is 1.36. The number of hydrogen-bond donors (Lipinski definition) is 0. The molecule has 7 aromatic carbocycles. The minimum Gasteiger partial charge on any atom is -0.455 e. The summed E-state index contributed by atoms with van der Waals surface area (Å²) in [7, 11) is 0. The maximum Gasteiger partial charge on any atom is 0.333 e. The summed E-state index contributed by atoms with van der Waals surface area (Å²) >= 11 is 0. The largest absolute Gasteiger partial charge is 0.455 e. The zero-order chi connectivity index (χ0) is 32.4. The average Bonchev–Trinajstić information content (AvgIpc) is 3.67. The number of hydrogen-bond acceptors (Lipinski definition) is 2. The molecule has 0 bridgehead atoms. The van der Waals surface area contributed by atoms with Crippen molar-refractivity contribution in [2.45, 2.75) is 33.1 Å². The van der Waals surface area contributed by atoms with Gasteiger partial charge < -0.3 is 13.8 Å². The summed E-state index contributed by atoms with van der Waals surface area (Å²) in [5, 5.41) is 7.41. The van der Waals surface area contributed by atoms with Crippen LogP contribution in [-0.4, -0.2) is 11.3 Å². The van der Waals surface area contributed by atoms with Crippen LogP contribution in [0.5, 0.6) is 0 Å². The third-order valence-corrected chi connectivity index (χ3v) is 11.1. The van der Waals surface area contributed by atoms with Crippen molar-refractivity contribution < 1.29 is 4.42 Å². The third kappa shape index (κ3) is 3.64. The van der Waals surface area contributed by atoms with Crippen LogP contribution in [0.3, 0.4) is 0 Å². The van der Waals surface area contributed by atoms with Crippen molar-refractivity contribution in [2.24, 2.45) is 0 Å². The van der Waals surface area contributed by atoms with Crippen molar-refractivity contribution in [1.82, 2.24) is 4.48 Å². The smallest absolute Gasteiger partial charge is 0.333 e. The molecule has 4 heteroatoms. The van der Waals surface area contributed by atoms with E-state index in [4.69, 9.17) is 4.42 Å². The number of anilines is 3. The molecule has 3 nitrogen and oxygen atoms in total. The molecule has 2 aromatic heterocycles. The quantitative estimate of drug-likeness (QED) is 0.181. The molecular weight excluding hydrogens is 595 g/mol. The SMILES string of the molecule is CCCCc1cc(C)cc(N2c3cc4ccccc4cc3B3c4c2cc2c(oc5ccccc52)c4-c2cccc4c5ccccc5n3c24)c1. The van der Waals surface area contributed by atoms with Gasteiger partial charge in [-0.15, -0.1) is 0 Å². The van der Waals surface area contributed by atoms with Gasteiger partial charge in [-0.1, -0.05) is 104 Å². The Morgan fingerprint density at radius 2 is 1.45 bits per heavy atom. The number of aryl methyl sites for hydroxylation is 2. The Bertz CT molecular complexity index is 2860. The summed E-state index contributed by atoms with van der Waals surface area (Å²) in [4.78, 5) is 2.57. The number of fused-ring (bicyclic) bond motifs is 12. The number of benzene rings is 7. The lowest BCUT2D eigenvalue weighted by Gasteiger charge is -2.41. The molecule has 0 aliphatic carbocycles. The molecule has 9 aromatic rings. The van der Waals surface area contributed by atoms with E-state index in [0.29, 0.717) is 0 Å². The lowest BCUT2D eigenvalue weighted by molar-refractivity contribution is 0.670. The van der Waals surface area contributed by atoms with Crippen LogP contribution in [0.1, 0.15) is 30.9 Å². The number of aromatic nitrogens is 1. The van der Waals surface area contributed by atoms with Crippen molar-refractivity contribution in [1.29, 1.82) is 0 Å². The van der Waals surface area contributed by atoms with E-state index in [1.54, 1.807) is 0 Å². The van der Waals surface area contributed by atoms with Crippen molar-refractivity contribution in [2.75, 3.05) is 4.90 Å². The summed E-state index contributed by atoms with van der Waals surface area (Å²) in [6.07, 6.45) is 3.44. The highest BCUT2D eigenvalue weighted by Gasteiger charge is 2.44. The van der Waals surface area contributed by atoms with E-state index in [-0.39, 0.29) is 6.85 Å². The fourth-order valence-electron chi connectivity index (χ4n) is 9.10. The highest BCUT2D eigenvalue weighted by molar-refractivity contribution is 6.90. The summed E-state index contributed by atoms with van der Waals surface area (Å²) in [6.45, 7) is 4.49. The Hall–Kier alpha value is -5.74. The van der Waals surface area contributed by atoms with E-state index in [0.717, 1.165) is 28.4 Å². The molecule has 0 saturated carbocycles. The van der Waals surface area contributed by atoms with E-state index in [2.05, 4.69) is 151 Å². The summed E-state index contributed by atoms with van der Waals surface area (Å²) in [5.74, 6) is 0. The van der Waals surface area contributed by atoms with Gasteiger partial charge in [-0.25, -0.2) is 0 Å². The van der Waals surface area contributed by atoms with Gasteiger partial charge in [0.25, 0.3) is 0 Å². The molecule has 0 atom stereocenters. The summed E-state index contributed by atoms with van der Waals surface area (Å²) in [5.41, 5.74) is 15.9. The van der Waals surface area contributed by atoms with Gasteiger partial charge in [-0.05, 0) is 89.0 Å². The molecule has 2 aliphatic heterocycles. The zero-order valence-corrected chi connectivity index (χ0v) is 27.6. The number of nitrogens with zero attached hydrogens (tertiary/aromatic N) is 2. The minimum atomic E-state index is -0.0276. The third-order valence-electron chi connectivity index (χ3n) is 11.1. The van der Waals surface area contributed by atoms with Gasteiger partial charge in [0.1, 0.15) is 11.2 Å². The van der Waals surface area contributed by atoms with Crippen LogP contribution >= 0.6 is 0 Å². The van der Waals surface area contributed by atoms with Crippen LogP contribution in [0, 0.1) is 6.92 Å². The van der Waals surface area contributed by atoms with E-state index >= 15 is 0 Å². The summed E-state index contributed by atoms with van der Waals surface area (Å²) in [6, 6.07) is 47.6. The molecule has 0 saturated heterocycles. The number of rotatable bonds is 4. The van der Waals surface area contributed by atoms with Gasteiger partial charge in [0.2, 0.25) is 0 Å². The molecule has 232 valence electrons. The van der Waals surface area contributed by atoms with Gasteiger partial charge >= 0.3 is 6.85 Å². The molecule has 0 unspecified atom stereocenters. The van der Waals surface area contributed by atoms with Gasteiger partial charge in [-0.2, -0.15) is 0 Å². The monoisotopic (exact) mass is 628 g/mol. The molecular formula is C45H33BN2O. The lowest BCUT2D eigenvalue weighted by atomic mass is 9.45. The standard InChI is InChI=1S/C45H33BN2O/c1-3-4-12-28-21-27(2)22-31(23-28)47-39-25-30-14-6-5-13-29(30)24-37(39)46-43-40(47)26-36-33-16-8-10-20-41(33)49-45(36)42(43)35-18-11-17-34-32-15-7-9-19-38(32)48(46)44(34)35/h5-11,13-26H,3-4,12H2,1-2H3. The number of furan rings is 1. The lowest BCUT2D eigenvalue weighted by Crippen LogP contribution is -2.56. The Kier molecular flexibility index (Phi) is 5.50. The number of para-hydroxylation sites is 3. The molecule has 49 heavy (non-hydrogen) atoms. The van der Waals surface area contributed by atoms with Crippen LogP contribution < -0.4 is 15.8 Å². The fraction of sp³-hybridized carbons (Fsp3) is 0.111. The highest BCUT2D eigenvalue weighted by atomic mass is 16.3. The van der Waals surface area contributed by atoms with Crippen LogP contribution in [0.2, 0.25) is 0 Å². The molecule has 0 fully saturated rings. The molecule has 2 aliphatic rings. The van der Waals surface area contributed by atoms with Gasteiger partial charge in [-0.3, -0.25) is 0 Å². The van der Waals surface area contributed by atoms with Crippen molar-refractivity contribution in [3.63, 3.8) is 0 Å². The van der Waals surface area contributed by atoms with E-state index < -0.39 is 0 Å². The van der Waals surface area contributed by atoms with Gasteiger partial charge in [0.15, 0.2) is 0 Å². The van der Waals surface area contributed by atoms with E-state index in [1.807, 2.05) is 0 Å². The van der Waals surface area contributed by atoms with Crippen LogP contribution in [0.4, 0.5) is 17.1 Å². The molecule has 0 N–H and O–H groups in total. The first-order valence-electron chi connectivity index (χ1n) is 17.6. The van der Waals surface area contributed by atoms with E-state index in [1.165, 1.54) is 95.7 Å². The Labute approximate surface area is 285 Å². The molecule has 0 spiro atoms. The Morgan fingerprint density at radius 3 is 2.33 bits per heavy atom. The van der Waals surface area contributed by atoms with Gasteiger partial charge in [0, 0.05) is 60.8 Å². The topological polar surface area (TPSA) is 21.3 Å². The number of unbranched alkanes of at least 4 members (excludes halogenated alkanes) is 1. The first kappa shape index (κ1) is 27.2. The Morgan fingerprint density at radius 1 is 0.673 bits per heavy atom. The highest BCUT2D eigenvalue weighted by Crippen LogP contribution is 2.49. The predicted octanol–water partition coefficient (Wildman–Crippen LogP) is 10.9. The molecule has 11 rings (SSSR count). The summed E-state index contributed by atoms with van der Waals surface area (Å²) < 4.78 is 9.53. The van der Waals surface area contributed by atoms with E-state index in [9.17, 15) is 0 Å². The van der Waals surface area contributed by atoms with Crippen LogP contribution in [-0.2, 0) is 6.42 Å². The second kappa shape index (κ2) is 9.90. The molecule has 0 radical (unpaired) electrons. The van der Waals surface area contributed by atoms with Crippen LogP contribution in [0.25, 0.3) is 65.6 Å². The van der Waals surface area contributed by atoms with Gasteiger partial charge in [0.05, 0.1) is 0 Å². The zero-order valence-electron chi connectivity index (χ0n) is 27.6. The van der Waals surface area contributed by atoms with Crippen molar-refractivity contribution >= 4 is 89.4 Å². The van der Waals surface area contributed by atoms with Crippen molar-refractivity contribution in [3.05, 3.63) is 139 Å². The second-order valence-electron chi connectivity index (χ2n) is 14.0. The second-order valence-corrected chi connectivity index (χ2v) is 14.0. The normalized spacial score (nSPS) is 13.3. The van der Waals surface area contributed by atoms with Crippen molar-refractivity contribution in [3.8, 4) is 11.1 Å². The predicted molar refractivity (Wildman–Crippen MR) is 208 cm³/mol. The minimum absolute atomic E-state index is 0.0276. The average molecular weight is 629 g/mol. The van der Waals surface area contributed by atoms with Crippen LogP contribution in [0.15, 0.2) is 132 Å². The fourth-order valence-corrected chi connectivity index (χ4v) is 9.10. The first-order valence-corrected chi connectivity index (χ1v) is 17.6. The molecule has 0 amide bonds.